The first kappa shape index (κ1) is 19.7. The minimum Gasteiger partial charge on any atom is -0.480 e. The van der Waals surface area contributed by atoms with E-state index in [1.807, 2.05) is 25.7 Å². The SMILES string of the molecule is CCCCCCC(C(=O)O)N1CCC[C@H]1NC(=O)OC(C)(C)C. The normalized spacial score (nSPS) is 20.3. The first-order valence-corrected chi connectivity index (χ1v) is 8.72. The second kappa shape index (κ2) is 9.11. The lowest BCUT2D eigenvalue weighted by molar-refractivity contribution is -0.144. The number of unbranched alkanes of at least 4 members (excludes halogenated alkanes) is 3. The Balaban J connectivity index is 2.59. The lowest BCUT2D eigenvalue weighted by Gasteiger charge is -2.31. The molecule has 0 spiro atoms. The molecule has 0 aromatic heterocycles. The molecular formula is C17H32N2O4. The third-order valence-electron chi connectivity index (χ3n) is 3.99. The number of nitrogens with zero attached hydrogens (tertiary/aromatic N) is 1. The average Bonchev–Trinajstić information content (AvgIpc) is 2.83. The van der Waals surface area contributed by atoms with Crippen LogP contribution in [0.5, 0.6) is 0 Å². The number of alkyl carbamates (subject to hydrolysis) is 1. The number of carboxylic acid groups (broad SMARTS) is 1. The minimum absolute atomic E-state index is 0.253. The zero-order valence-electron chi connectivity index (χ0n) is 14.9. The van der Waals surface area contributed by atoms with Crippen molar-refractivity contribution in [2.75, 3.05) is 6.54 Å². The Morgan fingerprint density at radius 2 is 2.00 bits per heavy atom. The van der Waals surface area contributed by atoms with E-state index in [1.165, 1.54) is 0 Å². The van der Waals surface area contributed by atoms with Gasteiger partial charge in [-0.1, -0.05) is 32.6 Å². The molecule has 0 aliphatic carbocycles. The topological polar surface area (TPSA) is 78.9 Å². The number of carboxylic acids is 1. The van der Waals surface area contributed by atoms with Crippen molar-refractivity contribution in [2.45, 2.75) is 90.4 Å². The molecule has 1 aliphatic heterocycles. The van der Waals surface area contributed by atoms with E-state index in [1.54, 1.807) is 0 Å². The van der Waals surface area contributed by atoms with Crippen LogP contribution in [0.1, 0.15) is 72.6 Å². The van der Waals surface area contributed by atoms with Gasteiger partial charge in [-0.2, -0.15) is 0 Å². The first-order chi connectivity index (χ1) is 10.7. The van der Waals surface area contributed by atoms with Gasteiger partial charge in [0.1, 0.15) is 11.6 Å². The zero-order valence-corrected chi connectivity index (χ0v) is 14.9. The maximum Gasteiger partial charge on any atom is 0.408 e. The van der Waals surface area contributed by atoms with Gasteiger partial charge in [-0.25, -0.2) is 4.79 Å². The van der Waals surface area contributed by atoms with E-state index in [9.17, 15) is 14.7 Å². The van der Waals surface area contributed by atoms with Crippen molar-refractivity contribution in [2.24, 2.45) is 0 Å². The number of hydrogen-bond donors (Lipinski definition) is 2. The third-order valence-corrected chi connectivity index (χ3v) is 3.99. The van der Waals surface area contributed by atoms with Gasteiger partial charge in [0, 0.05) is 6.54 Å². The molecule has 23 heavy (non-hydrogen) atoms. The fraction of sp³-hybridized carbons (Fsp3) is 0.882. The van der Waals surface area contributed by atoms with Crippen molar-refractivity contribution in [3.8, 4) is 0 Å². The van der Waals surface area contributed by atoms with E-state index in [0.717, 1.165) is 38.5 Å². The average molecular weight is 328 g/mol. The van der Waals surface area contributed by atoms with E-state index in [2.05, 4.69) is 12.2 Å². The number of hydrogen-bond acceptors (Lipinski definition) is 4. The van der Waals surface area contributed by atoms with Crippen LogP contribution in [0.25, 0.3) is 0 Å². The van der Waals surface area contributed by atoms with Crippen molar-refractivity contribution < 1.29 is 19.4 Å². The van der Waals surface area contributed by atoms with Gasteiger partial charge in [0.25, 0.3) is 0 Å². The van der Waals surface area contributed by atoms with Crippen LogP contribution in [0.15, 0.2) is 0 Å². The summed E-state index contributed by atoms with van der Waals surface area (Å²) in [5, 5.41) is 12.4. The van der Waals surface area contributed by atoms with Crippen LogP contribution in [0, 0.1) is 0 Å². The molecule has 2 atom stereocenters. The van der Waals surface area contributed by atoms with Gasteiger partial charge in [-0.05, 0) is 40.0 Å². The van der Waals surface area contributed by atoms with Crippen molar-refractivity contribution in [3.05, 3.63) is 0 Å². The molecule has 0 saturated carbocycles. The van der Waals surface area contributed by atoms with Gasteiger partial charge >= 0.3 is 12.1 Å². The Bertz CT molecular complexity index is 393. The molecule has 1 heterocycles. The highest BCUT2D eigenvalue weighted by atomic mass is 16.6. The molecule has 1 saturated heterocycles. The predicted molar refractivity (Wildman–Crippen MR) is 89.3 cm³/mol. The van der Waals surface area contributed by atoms with Crippen LogP contribution in [0.2, 0.25) is 0 Å². The summed E-state index contributed by atoms with van der Waals surface area (Å²) < 4.78 is 5.28. The van der Waals surface area contributed by atoms with Crippen molar-refractivity contribution in [1.29, 1.82) is 0 Å². The van der Waals surface area contributed by atoms with Crippen LogP contribution >= 0.6 is 0 Å². The summed E-state index contributed by atoms with van der Waals surface area (Å²) in [7, 11) is 0. The second-order valence-corrected chi connectivity index (χ2v) is 7.25. The standard InChI is InChI=1S/C17H32N2O4/c1-5-6-7-8-10-13(15(20)21)19-12-9-11-14(19)18-16(22)23-17(2,3)4/h13-14H,5-12H2,1-4H3,(H,18,22)(H,20,21)/t13?,14-/m0/s1. The molecule has 6 nitrogen and oxygen atoms in total. The lowest BCUT2D eigenvalue weighted by atomic mass is 10.1. The van der Waals surface area contributed by atoms with E-state index >= 15 is 0 Å². The highest BCUT2D eigenvalue weighted by Crippen LogP contribution is 2.22. The molecule has 0 aromatic rings. The van der Waals surface area contributed by atoms with Crippen molar-refractivity contribution in [3.63, 3.8) is 0 Å². The van der Waals surface area contributed by atoms with Gasteiger partial charge in [-0.3, -0.25) is 9.69 Å². The maximum absolute atomic E-state index is 11.9. The van der Waals surface area contributed by atoms with E-state index in [-0.39, 0.29) is 6.17 Å². The molecule has 6 heteroatoms. The number of carbonyl (C=O) groups is 2. The van der Waals surface area contributed by atoms with E-state index in [4.69, 9.17) is 4.74 Å². The molecule has 2 N–H and O–H groups in total. The summed E-state index contributed by atoms with van der Waals surface area (Å²) in [6.45, 7) is 8.27. The summed E-state index contributed by atoms with van der Waals surface area (Å²) in [5.41, 5.74) is -0.556. The molecule has 1 fully saturated rings. The van der Waals surface area contributed by atoms with Crippen molar-refractivity contribution in [1.82, 2.24) is 10.2 Å². The smallest absolute Gasteiger partial charge is 0.408 e. The molecule has 0 aromatic carbocycles. The molecule has 1 rings (SSSR count). The quantitative estimate of drug-likeness (QED) is 0.668. The molecular weight excluding hydrogens is 296 g/mol. The van der Waals surface area contributed by atoms with Crippen molar-refractivity contribution >= 4 is 12.1 Å². The Morgan fingerprint density at radius 1 is 1.30 bits per heavy atom. The van der Waals surface area contributed by atoms with Gasteiger partial charge in [0.15, 0.2) is 0 Å². The highest BCUT2D eigenvalue weighted by Gasteiger charge is 2.35. The fourth-order valence-corrected chi connectivity index (χ4v) is 2.96. The molecule has 0 radical (unpaired) electrons. The molecule has 1 aliphatic rings. The van der Waals surface area contributed by atoms with E-state index in [0.29, 0.717) is 13.0 Å². The summed E-state index contributed by atoms with van der Waals surface area (Å²) >= 11 is 0. The fourth-order valence-electron chi connectivity index (χ4n) is 2.96. The second-order valence-electron chi connectivity index (χ2n) is 7.25. The predicted octanol–water partition coefficient (Wildman–Crippen LogP) is 3.36. The van der Waals surface area contributed by atoms with Crippen LogP contribution in [-0.2, 0) is 9.53 Å². The number of aliphatic carboxylic acids is 1. The number of carbonyl (C=O) groups excluding carboxylic acids is 1. The Morgan fingerprint density at radius 3 is 2.57 bits per heavy atom. The van der Waals surface area contributed by atoms with Gasteiger partial charge in [-0.15, -0.1) is 0 Å². The van der Waals surface area contributed by atoms with E-state index < -0.39 is 23.7 Å². The van der Waals surface area contributed by atoms with Crippen LogP contribution < -0.4 is 5.32 Å². The Hall–Kier alpha value is -1.30. The molecule has 1 amide bonds. The Kier molecular flexibility index (Phi) is 7.82. The summed E-state index contributed by atoms with van der Waals surface area (Å²) in [5.74, 6) is -0.806. The molecule has 0 bridgehead atoms. The van der Waals surface area contributed by atoms with Crippen LogP contribution in [0.3, 0.4) is 0 Å². The minimum atomic E-state index is -0.806. The van der Waals surface area contributed by atoms with Crippen LogP contribution in [-0.4, -0.2) is 46.4 Å². The molecule has 1 unspecified atom stereocenters. The van der Waals surface area contributed by atoms with Gasteiger partial charge in [0.2, 0.25) is 0 Å². The van der Waals surface area contributed by atoms with Gasteiger partial charge < -0.3 is 15.2 Å². The third kappa shape index (κ3) is 7.20. The largest absolute Gasteiger partial charge is 0.480 e. The lowest BCUT2D eigenvalue weighted by Crippen LogP contribution is -2.52. The monoisotopic (exact) mass is 328 g/mol. The maximum atomic E-state index is 11.9. The highest BCUT2D eigenvalue weighted by molar-refractivity contribution is 5.74. The summed E-state index contributed by atoms with van der Waals surface area (Å²) in [6.07, 6.45) is 5.76. The summed E-state index contributed by atoms with van der Waals surface area (Å²) in [4.78, 5) is 25.5. The first-order valence-electron chi connectivity index (χ1n) is 8.72. The Labute approximate surface area is 139 Å². The number of nitrogens with one attached hydrogen (secondary N) is 1. The number of likely N-dealkylation sites (tertiary alicyclic amines) is 1. The summed E-state index contributed by atoms with van der Waals surface area (Å²) in [6, 6.07) is -0.533. The number of rotatable bonds is 8. The zero-order chi connectivity index (χ0) is 17.5. The number of ether oxygens (including phenoxy) is 1. The number of amides is 1. The molecule has 134 valence electrons. The van der Waals surface area contributed by atoms with Crippen LogP contribution in [0.4, 0.5) is 4.79 Å². The van der Waals surface area contributed by atoms with Gasteiger partial charge in [0.05, 0.1) is 6.17 Å².